The van der Waals surface area contributed by atoms with E-state index >= 15 is 0 Å². The Morgan fingerprint density at radius 2 is 1.59 bits per heavy atom. The van der Waals surface area contributed by atoms with Crippen LogP contribution in [0, 0.1) is 20.0 Å². The minimum Gasteiger partial charge on any atom is 0 e. The molecule has 0 saturated heterocycles. The Morgan fingerprint density at radius 3 is 2.05 bits per heavy atom. The van der Waals surface area contributed by atoms with Crippen molar-refractivity contribution >= 4 is 5.97 Å². The largest absolute Gasteiger partial charge is 0 e. The Bertz CT molecular complexity index is 480. The van der Waals surface area contributed by atoms with Crippen LogP contribution in [-0.2, 0) is 45.6 Å². The molecule has 6 nitrogen and oxygen atoms in total. The molecule has 0 aromatic heterocycles. The van der Waals surface area contributed by atoms with Crippen molar-refractivity contribution in [1.29, 1.82) is 0 Å². The predicted octanol–water partition coefficient (Wildman–Crippen LogP) is 2.27. The van der Waals surface area contributed by atoms with Gasteiger partial charge in [0, 0.05) is 17.4 Å². The van der Waals surface area contributed by atoms with E-state index in [1.165, 1.54) is 0 Å². The van der Waals surface area contributed by atoms with Gasteiger partial charge in [0.1, 0.15) is 0 Å². The Labute approximate surface area is 140 Å². The van der Waals surface area contributed by atoms with Gasteiger partial charge < -0.3 is 9.47 Å². The molecular weight excluding hydrogens is 328 g/mol. The van der Waals surface area contributed by atoms with E-state index < -0.39 is 6.10 Å². The molecular formula is C15H14CrO6. The summed E-state index contributed by atoms with van der Waals surface area (Å²) in [4.78, 5) is 11.6. The third kappa shape index (κ3) is 6.91. The van der Waals surface area contributed by atoms with Gasteiger partial charge in [-0.1, -0.05) is 24.3 Å². The van der Waals surface area contributed by atoms with Gasteiger partial charge in [-0.05, 0) is 25.0 Å². The fraction of sp³-hybridized carbons (Fsp3) is 0.333. The van der Waals surface area contributed by atoms with Crippen LogP contribution in [0.25, 0.3) is 0 Å². The minimum absolute atomic E-state index is 0. The molecule has 0 radical (unpaired) electrons. The smallest absolute Gasteiger partial charge is 0 e. The summed E-state index contributed by atoms with van der Waals surface area (Å²) in [5.41, 5.74) is 2.01. The normalized spacial score (nSPS) is 16.4. The molecule has 0 unspecified atom stereocenters. The van der Waals surface area contributed by atoms with Crippen LogP contribution in [0.15, 0.2) is 24.3 Å². The maximum Gasteiger partial charge on any atom is 0 e. The van der Waals surface area contributed by atoms with E-state index in [4.69, 9.17) is 23.4 Å². The molecule has 2 rings (SSSR count). The van der Waals surface area contributed by atoms with E-state index in [0.29, 0.717) is 6.61 Å². The van der Waals surface area contributed by atoms with Crippen LogP contribution >= 0.6 is 0 Å². The number of benzene rings is 1. The van der Waals surface area contributed by atoms with Gasteiger partial charge in [0.05, 0.1) is 12.7 Å². The van der Waals surface area contributed by atoms with Crippen molar-refractivity contribution in [3.05, 3.63) is 55.3 Å². The zero-order valence-corrected chi connectivity index (χ0v) is 13.3. The van der Waals surface area contributed by atoms with Crippen molar-refractivity contribution in [2.24, 2.45) is 0 Å². The maximum atomic E-state index is 11.6. The first kappa shape index (κ1) is 25.4. The molecule has 0 amide bonds. The van der Waals surface area contributed by atoms with Gasteiger partial charge in [0.2, 0.25) is 0 Å². The van der Waals surface area contributed by atoms with Crippen molar-refractivity contribution in [3.63, 3.8) is 0 Å². The van der Waals surface area contributed by atoms with Crippen LogP contribution in [0.4, 0.5) is 0 Å². The first-order valence-electron chi connectivity index (χ1n) is 5.76. The fourth-order valence-corrected chi connectivity index (χ4v) is 1.87. The first-order valence-corrected chi connectivity index (χ1v) is 5.76. The Morgan fingerprint density at radius 1 is 1.14 bits per heavy atom. The van der Waals surface area contributed by atoms with Gasteiger partial charge in [0.15, 0.2) is 6.10 Å². The molecule has 1 aromatic rings. The maximum absolute atomic E-state index is 11.6. The molecule has 22 heavy (non-hydrogen) atoms. The summed E-state index contributed by atoms with van der Waals surface area (Å²) in [7, 11) is 0. The van der Waals surface area contributed by atoms with E-state index in [0.717, 1.165) is 11.1 Å². The number of ether oxygens (including phenoxy) is 2. The predicted molar refractivity (Wildman–Crippen MR) is 67.1 cm³/mol. The summed E-state index contributed by atoms with van der Waals surface area (Å²) >= 11 is 0. The molecule has 0 saturated carbocycles. The third-order valence-corrected chi connectivity index (χ3v) is 2.56. The third-order valence-electron chi connectivity index (χ3n) is 2.56. The molecule has 7 heteroatoms. The summed E-state index contributed by atoms with van der Waals surface area (Å²) in [5, 5.41) is 0. The van der Waals surface area contributed by atoms with E-state index in [9.17, 15) is 4.79 Å². The fourth-order valence-electron chi connectivity index (χ4n) is 1.87. The Hall–Kier alpha value is -1.60. The molecule has 1 heterocycles. The summed E-state index contributed by atoms with van der Waals surface area (Å²) in [6, 6.07) is 7.76. The second-order valence-electron chi connectivity index (χ2n) is 3.54. The molecule has 0 aliphatic carbocycles. The van der Waals surface area contributed by atoms with Gasteiger partial charge in [-0.25, -0.2) is 4.79 Å². The van der Waals surface area contributed by atoms with Crippen molar-refractivity contribution < 1.29 is 45.6 Å². The molecule has 1 aliphatic heterocycles. The van der Waals surface area contributed by atoms with Gasteiger partial charge in [-0.3, -0.25) is 0 Å². The number of hydrogen-bond acceptors (Lipinski definition) is 3. The second kappa shape index (κ2) is 15.8. The van der Waals surface area contributed by atoms with Crippen molar-refractivity contribution in [2.45, 2.75) is 26.1 Å². The number of hydrogen-bond donors (Lipinski definition) is 0. The molecule has 0 N–H and O–H groups in total. The van der Waals surface area contributed by atoms with E-state index in [-0.39, 0.29) is 29.4 Å². The first-order chi connectivity index (χ1) is 10.2. The number of esters is 1. The summed E-state index contributed by atoms with van der Waals surface area (Å²) in [6.07, 6.45) is -0.577. The number of fused-ring (bicyclic) bond motifs is 1. The van der Waals surface area contributed by atoms with E-state index in [2.05, 4.69) is 20.0 Å². The molecule has 0 fully saturated rings. The quantitative estimate of drug-likeness (QED) is 0.468. The van der Waals surface area contributed by atoms with Crippen molar-refractivity contribution in [3.8, 4) is 0 Å². The van der Waals surface area contributed by atoms with Crippen LogP contribution in [0.5, 0.6) is 0 Å². The molecule has 0 bridgehead atoms. The van der Waals surface area contributed by atoms with Crippen LogP contribution in [0.1, 0.15) is 37.2 Å². The molecule has 2 atom stereocenters. The van der Waals surface area contributed by atoms with Crippen LogP contribution in [-0.4, -0.2) is 12.6 Å². The summed E-state index contributed by atoms with van der Waals surface area (Å²) < 4.78 is 33.0. The van der Waals surface area contributed by atoms with Crippen LogP contribution in [0.2, 0.25) is 0 Å². The molecule has 0 spiro atoms. The zero-order chi connectivity index (χ0) is 16.8. The standard InChI is InChI=1S/C12H14O3.3CO.Cr/c1-3-14-12(13)11-10-7-5-4-6-9(10)8(2)15-11;3*1-2;/h4-8,11H,3H2,1-2H3;;;;/t8-,11+;;;;/m1..../s1. The van der Waals surface area contributed by atoms with Crippen molar-refractivity contribution in [2.75, 3.05) is 6.61 Å². The van der Waals surface area contributed by atoms with Gasteiger partial charge in [-0.15, -0.1) is 0 Å². The van der Waals surface area contributed by atoms with Crippen LogP contribution < -0.4 is 0 Å². The topological polar surface area (TPSA) is 95.2 Å². The van der Waals surface area contributed by atoms with Gasteiger partial charge >= 0.3 is 39.9 Å². The molecule has 1 aliphatic rings. The van der Waals surface area contributed by atoms with Gasteiger partial charge in [0.25, 0.3) is 0 Å². The SMILES string of the molecule is CCOC(=O)[C@H]1O[C@H](C)c2ccccc21.[C-]#[O+].[C-]#[O+].[C-]#[O+].[Cr]. The average Bonchev–Trinajstić information content (AvgIpc) is 2.91. The molecule has 1 aromatic carbocycles. The Balaban J connectivity index is -0.000000463. The summed E-state index contributed by atoms with van der Waals surface area (Å²) in [5.74, 6) is -0.297. The second-order valence-corrected chi connectivity index (χ2v) is 3.54. The van der Waals surface area contributed by atoms with Gasteiger partial charge in [-0.2, -0.15) is 0 Å². The average molecular weight is 342 g/mol. The number of rotatable bonds is 2. The minimum atomic E-state index is -0.545. The van der Waals surface area contributed by atoms with E-state index in [1.807, 2.05) is 31.2 Å². The van der Waals surface area contributed by atoms with Crippen LogP contribution in [0.3, 0.4) is 0 Å². The zero-order valence-electron chi connectivity index (χ0n) is 12.0. The summed E-state index contributed by atoms with van der Waals surface area (Å²) in [6.45, 7) is 17.6. The van der Waals surface area contributed by atoms with E-state index in [1.54, 1.807) is 6.92 Å². The number of carbonyl (C=O) groups excluding carboxylic acids is 1. The molecule has 116 valence electrons. The van der Waals surface area contributed by atoms with Crippen molar-refractivity contribution in [1.82, 2.24) is 0 Å². The Kier molecular flexibility index (Phi) is 18.2. The number of carbonyl (C=O) groups is 1. The monoisotopic (exact) mass is 342 g/mol.